The number of alkyl carbamates (subject to hydrolysis) is 1. The second-order valence-corrected chi connectivity index (χ2v) is 8.87. The van der Waals surface area contributed by atoms with E-state index in [1.165, 1.54) is 0 Å². The first kappa shape index (κ1) is 22.6. The van der Waals surface area contributed by atoms with Crippen LogP contribution in [0.15, 0.2) is 51.5 Å². The summed E-state index contributed by atoms with van der Waals surface area (Å²) in [7, 11) is 0. The molecule has 1 aromatic heterocycles. The quantitative estimate of drug-likeness (QED) is 0.530. The van der Waals surface area contributed by atoms with Gasteiger partial charge in [-0.05, 0) is 64.3 Å². The summed E-state index contributed by atoms with van der Waals surface area (Å²) in [4.78, 5) is 16.4. The highest BCUT2D eigenvalue weighted by atomic mass is 79.9. The minimum atomic E-state index is -0.587. The van der Waals surface area contributed by atoms with Crippen LogP contribution in [0.5, 0.6) is 5.88 Å². The second-order valence-electron chi connectivity index (χ2n) is 7.10. The van der Waals surface area contributed by atoms with Crippen molar-refractivity contribution >= 4 is 38.0 Å². The van der Waals surface area contributed by atoms with Crippen molar-refractivity contribution in [3.05, 3.63) is 57.1 Å². The lowest BCUT2D eigenvalue weighted by molar-refractivity contribution is 0.0379. The van der Waals surface area contributed by atoms with Crippen LogP contribution >= 0.6 is 31.9 Å². The van der Waals surface area contributed by atoms with Gasteiger partial charge in [0.05, 0.1) is 23.7 Å². The van der Waals surface area contributed by atoms with Crippen LogP contribution in [-0.4, -0.2) is 35.9 Å². The average molecular weight is 516 g/mol. The van der Waals surface area contributed by atoms with Crippen LogP contribution in [0.1, 0.15) is 26.3 Å². The maximum Gasteiger partial charge on any atom is 0.408 e. The van der Waals surface area contributed by atoms with Crippen LogP contribution in [0.25, 0.3) is 0 Å². The van der Waals surface area contributed by atoms with Gasteiger partial charge in [0, 0.05) is 10.7 Å². The third-order valence-electron chi connectivity index (χ3n) is 3.35. The highest BCUT2D eigenvalue weighted by Crippen LogP contribution is 2.25. The first-order valence-electron chi connectivity index (χ1n) is 8.78. The van der Waals surface area contributed by atoms with Crippen molar-refractivity contribution < 1.29 is 19.0 Å². The van der Waals surface area contributed by atoms with Crippen molar-refractivity contribution in [2.24, 2.45) is 0 Å². The summed E-state index contributed by atoms with van der Waals surface area (Å²) in [6, 6.07) is 11.3. The normalized spacial score (nSPS) is 12.3. The zero-order chi connectivity index (χ0) is 20.6. The van der Waals surface area contributed by atoms with Crippen molar-refractivity contribution in [2.75, 3.05) is 13.2 Å². The van der Waals surface area contributed by atoms with Gasteiger partial charge in [0.25, 0.3) is 0 Å². The van der Waals surface area contributed by atoms with Gasteiger partial charge in [-0.25, -0.2) is 9.78 Å². The van der Waals surface area contributed by atoms with Gasteiger partial charge in [0.2, 0.25) is 5.88 Å². The van der Waals surface area contributed by atoms with Gasteiger partial charge in [0.1, 0.15) is 12.2 Å². The number of amides is 1. The molecule has 0 saturated heterocycles. The summed E-state index contributed by atoms with van der Waals surface area (Å²) in [6.45, 7) is 6.32. The number of benzene rings is 1. The molecule has 1 amide bonds. The molecule has 2 rings (SSSR count). The van der Waals surface area contributed by atoms with E-state index in [0.717, 1.165) is 10.0 Å². The van der Waals surface area contributed by atoms with E-state index in [4.69, 9.17) is 14.2 Å². The molecule has 0 aliphatic carbocycles. The Labute approximate surface area is 182 Å². The van der Waals surface area contributed by atoms with Gasteiger partial charge in [-0.15, -0.1) is 0 Å². The number of rotatable bonds is 8. The van der Waals surface area contributed by atoms with Crippen LogP contribution in [0.2, 0.25) is 0 Å². The highest BCUT2D eigenvalue weighted by Gasteiger charge is 2.21. The van der Waals surface area contributed by atoms with Gasteiger partial charge >= 0.3 is 6.09 Å². The SMILES string of the molecule is CC(C)(C)OC(=O)NC(COCc1ccccc1)COc1ncc(Br)cc1Br. The Kier molecular flexibility index (Phi) is 8.72. The molecule has 0 saturated carbocycles. The first-order valence-corrected chi connectivity index (χ1v) is 10.4. The minimum absolute atomic E-state index is 0.182. The number of nitrogens with one attached hydrogen (secondary N) is 1. The fourth-order valence-corrected chi connectivity index (χ4v) is 3.29. The number of aromatic nitrogens is 1. The number of ether oxygens (including phenoxy) is 3. The van der Waals surface area contributed by atoms with E-state index in [1.54, 1.807) is 6.20 Å². The molecule has 1 atom stereocenters. The number of nitrogens with zero attached hydrogens (tertiary/aromatic N) is 1. The molecule has 0 bridgehead atoms. The molecule has 2 aromatic rings. The number of pyridine rings is 1. The smallest absolute Gasteiger partial charge is 0.408 e. The lowest BCUT2D eigenvalue weighted by Gasteiger charge is -2.24. The van der Waals surface area contributed by atoms with Crippen molar-refractivity contribution in [1.82, 2.24) is 10.3 Å². The summed E-state index contributed by atoms with van der Waals surface area (Å²) in [5.74, 6) is 0.433. The Hall–Kier alpha value is -1.64. The van der Waals surface area contributed by atoms with E-state index in [0.29, 0.717) is 17.0 Å². The Balaban J connectivity index is 1.94. The lowest BCUT2D eigenvalue weighted by Crippen LogP contribution is -2.44. The largest absolute Gasteiger partial charge is 0.475 e. The fraction of sp³-hybridized carbons (Fsp3) is 0.400. The van der Waals surface area contributed by atoms with E-state index < -0.39 is 17.7 Å². The minimum Gasteiger partial charge on any atom is -0.475 e. The molecular formula is C20H24Br2N2O4. The number of hydrogen-bond acceptors (Lipinski definition) is 5. The van der Waals surface area contributed by atoms with Crippen LogP contribution in [-0.2, 0) is 16.1 Å². The summed E-state index contributed by atoms with van der Waals surface area (Å²) >= 11 is 6.76. The number of hydrogen-bond donors (Lipinski definition) is 1. The van der Waals surface area contributed by atoms with Gasteiger partial charge in [-0.3, -0.25) is 0 Å². The van der Waals surface area contributed by atoms with Crippen LogP contribution in [0, 0.1) is 0 Å². The molecule has 1 heterocycles. The molecular weight excluding hydrogens is 492 g/mol. The topological polar surface area (TPSA) is 69.7 Å². The van der Waals surface area contributed by atoms with E-state index >= 15 is 0 Å². The molecule has 152 valence electrons. The predicted octanol–water partition coefficient (Wildman–Crippen LogP) is 5.10. The van der Waals surface area contributed by atoms with Crippen LogP contribution in [0.3, 0.4) is 0 Å². The number of carbonyl (C=O) groups excluding carboxylic acids is 1. The van der Waals surface area contributed by atoms with Crippen molar-refractivity contribution in [2.45, 2.75) is 39.0 Å². The monoisotopic (exact) mass is 514 g/mol. The van der Waals surface area contributed by atoms with Crippen molar-refractivity contribution in [1.29, 1.82) is 0 Å². The number of halogens is 2. The molecule has 0 fully saturated rings. The van der Waals surface area contributed by atoms with Gasteiger partial charge in [-0.1, -0.05) is 30.3 Å². The molecule has 0 radical (unpaired) electrons. The predicted molar refractivity (Wildman–Crippen MR) is 114 cm³/mol. The molecule has 28 heavy (non-hydrogen) atoms. The first-order chi connectivity index (χ1) is 13.2. The standard InChI is InChI=1S/C20H24Br2N2O4/c1-20(2,3)28-19(25)24-16(12-26-11-14-7-5-4-6-8-14)13-27-18-17(22)9-15(21)10-23-18/h4-10,16H,11-13H2,1-3H3,(H,24,25). The van der Waals surface area contributed by atoms with Crippen LogP contribution in [0.4, 0.5) is 4.79 Å². The maximum atomic E-state index is 12.1. The number of carbonyl (C=O) groups is 1. The Morgan fingerprint density at radius 2 is 1.89 bits per heavy atom. The Morgan fingerprint density at radius 1 is 1.18 bits per heavy atom. The molecule has 0 spiro atoms. The Bertz CT molecular complexity index is 767. The fourth-order valence-electron chi connectivity index (χ4n) is 2.19. The zero-order valence-corrected chi connectivity index (χ0v) is 19.2. The molecule has 6 nitrogen and oxygen atoms in total. The van der Waals surface area contributed by atoms with Crippen molar-refractivity contribution in [3.8, 4) is 5.88 Å². The van der Waals surface area contributed by atoms with Gasteiger partial charge in [0.15, 0.2) is 0 Å². The van der Waals surface area contributed by atoms with E-state index in [2.05, 4.69) is 42.2 Å². The lowest BCUT2D eigenvalue weighted by atomic mass is 10.2. The van der Waals surface area contributed by atoms with Gasteiger partial charge in [-0.2, -0.15) is 0 Å². The molecule has 1 N–H and O–H groups in total. The van der Waals surface area contributed by atoms with Crippen LogP contribution < -0.4 is 10.1 Å². The molecule has 1 aromatic carbocycles. The molecule has 8 heteroatoms. The highest BCUT2D eigenvalue weighted by molar-refractivity contribution is 9.11. The van der Waals surface area contributed by atoms with Gasteiger partial charge < -0.3 is 19.5 Å². The zero-order valence-electron chi connectivity index (χ0n) is 16.1. The van der Waals surface area contributed by atoms with E-state index in [-0.39, 0.29) is 13.2 Å². The van der Waals surface area contributed by atoms with E-state index in [1.807, 2.05) is 57.2 Å². The molecule has 0 aliphatic heterocycles. The van der Waals surface area contributed by atoms with Crippen molar-refractivity contribution in [3.63, 3.8) is 0 Å². The maximum absolute atomic E-state index is 12.1. The molecule has 0 aliphatic rings. The summed E-state index contributed by atoms with van der Waals surface area (Å²) in [5, 5.41) is 2.80. The van der Waals surface area contributed by atoms with E-state index in [9.17, 15) is 4.79 Å². The Morgan fingerprint density at radius 3 is 2.54 bits per heavy atom. The summed E-state index contributed by atoms with van der Waals surface area (Å²) < 4.78 is 18.4. The summed E-state index contributed by atoms with van der Waals surface area (Å²) in [6.07, 6.45) is 1.12. The average Bonchev–Trinajstić information content (AvgIpc) is 2.60. The third kappa shape index (κ3) is 8.58. The molecule has 1 unspecified atom stereocenters. The third-order valence-corrected chi connectivity index (χ3v) is 4.35. The second kappa shape index (κ2) is 10.8. The summed E-state index contributed by atoms with van der Waals surface area (Å²) in [5.41, 5.74) is 0.466.